The number of aliphatic hydroxyl groups is 1. The number of alkyl halides is 2. The van der Waals surface area contributed by atoms with Crippen molar-refractivity contribution in [2.45, 2.75) is 64.4 Å². The van der Waals surface area contributed by atoms with Crippen LogP contribution in [0.2, 0.25) is 0 Å². The molecule has 1 aliphatic carbocycles. The molecule has 0 amide bonds. The Morgan fingerprint density at radius 2 is 1.81 bits per heavy atom. The second kappa shape index (κ2) is 14.1. The van der Waals surface area contributed by atoms with Crippen LogP contribution in [0, 0.1) is 17.2 Å². The van der Waals surface area contributed by atoms with Crippen molar-refractivity contribution in [3.8, 4) is 0 Å². The summed E-state index contributed by atoms with van der Waals surface area (Å²) in [5, 5.41) is 11.7. The quantitative estimate of drug-likeness (QED) is 0.341. The van der Waals surface area contributed by atoms with Crippen molar-refractivity contribution in [1.82, 2.24) is 9.80 Å². The second-order valence-electron chi connectivity index (χ2n) is 11.4. The zero-order valence-electron chi connectivity index (χ0n) is 23.0. The summed E-state index contributed by atoms with van der Waals surface area (Å²) in [5.41, 5.74) is 0.844. The maximum atomic E-state index is 13.8. The van der Waals surface area contributed by atoms with Gasteiger partial charge in [-0.25, -0.2) is 13.2 Å². The van der Waals surface area contributed by atoms with Crippen molar-refractivity contribution in [3.63, 3.8) is 0 Å². The molecule has 0 spiro atoms. The molecule has 0 aliphatic heterocycles. The van der Waals surface area contributed by atoms with Gasteiger partial charge in [-0.1, -0.05) is 26.8 Å². The van der Waals surface area contributed by atoms with Gasteiger partial charge in [0.15, 0.2) is 0 Å². The van der Waals surface area contributed by atoms with Crippen LogP contribution in [-0.4, -0.2) is 94.1 Å². The summed E-state index contributed by atoms with van der Waals surface area (Å²) in [7, 11) is 5.24. The molecule has 1 aromatic carbocycles. The normalized spacial score (nSPS) is 20.7. The first-order valence-electron chi connectivity index (χ1n) is 13.1. The Bertz CT molecular complexity index is 789. The lowest BCUT2D eigenvalue weighted by Crippen LogP contribution is -2.45. The zero-order chi connectivity index (χ0) is 26.9. The Morgan fingerprint density at radius 3 is 2.39 bits per heavy atom. The summed E-state index contributed by atoms with van der Waals surface area (Å²) in [6, 6.07) is 4.93. The zero-order valence-corrected chi connectivity index (χ0v) is 23.0. The topological polar surface area (TPSA) is 45.2 Å². The first-order valence-corrected chi connectivity index (χ1v) is 13.1. The van der Waals surface area contributed by atoms with E-state index in [4.69, 9.17) is 9.47 Å². The molecule has 0 fully saturated rings. The Morgan fingerprint density at radius 1 is 1.14 bits per heavy atom. The number of nitrogens with zero attached hydrogens (tertiary/aromatic N) is 2. The van der Waals surface area contributed by atoms with Crippen LogP contribution >= 0.6 is 0 Å². The van der Waals surface area contributed by atoms with Crippen LogP contribution in [0.5, 0.6) is 0 Å². The largest absolute Gasteiger partial charge is 0.389 e. The van der Waals surface area contributed by atoms with Crippen molar-refractivity contribution in [2.75, 3.05) is 67.2 Å². The average molecular weight is 517 g/mol. The standard InChI is InChI=1S/C28H47F3N2O3/c1-21(2)26-24-9-8-23(29)16-22(24)10-11-28(26,34)12-15-32(4)13-7-14-33(17-25(30)31)18-27(3,19-35-5)20-36-6/h8-9,16,21,25-26,34H,7,10-15,17-20H2,1-6H3/t26?,28-/m0/s1. The number of rotatable bonds is 16. The van der Waals surface area contributed by atoms with Crippen LogP contribution in [-0.2, 0) is 15.9 Å². The van der Waals surface area contributed by atoms with E-state index < -0.39 is 12.0 Å². The van der Waals surface area contributed by atoms with E-state index >= 15 is 0 Å². The van der Waals surface area contributed by atoms with Gasteiger partial charge in [-0.15, -0.1) is 0 Å². The van der Waals surface area contributed by atoms with Crippen molar-refractivity contribution in [1.29, 1.82) is 0 Å². The van der Waals surface area contributed by atoms with E-state index in [-0.39, 0.29) is 29.6 Å². The van der Waals surface area contributed by atoms with Crippen molar-refractivity contribution >= 4 is 0 Å². The highest BCUT2D eigenvalue weighted by Gasteiger charge is 2.43. The van der Waals surface area contributed by atoms with Gasteiger partial charge in [-0.3, -0.25) is 4.90 Å². The van der Waals surface area contributed by atoms with E-state index in [2.05, 4.69) is 18.7 Å². The van der Waals surface area contributed by atoms with Crippen LogP contribution in [0.4, 0.5) is 13.2 Å². The number of fused-ring (bicyclic) bond motifs is 1. The third-order valence-electron chi connectivity index (χ3n) is 7.44. The molecule has 2 atom stereocenters. The first-order chi connectivity index (χ1) is 16.9. The number of methoxy groups -OCH3 is 2. The van der Waals surface area contributed by atoms with E-state index in [9.17, 15) is 18.3 Å². The van der Waals surface area contributed by atoms with E-state index in [1.165, 1.54) is 6.07 Å². The van der Waals surface area contributed by atoms with Gasteiger partial charge >= 0.3 is 0 Å². The van der Waals surface area contributed by atoms with E-state index in [0.29, 0.717) is 52.1 Å². The Kier molecular flexibility index (Phi) is 12.2. The van der Waals surface area contributed by atoms with E-state index in [1.807, 2.05) is 20.0 Å². The van der Waals surface area contributed by atoms with Gasteiger partial charge in [0.05, 0.1) is 25.4 Å². The molecule has 1 unspecified atom stereocenters. The minimum Gasteiger partial charge on any atom is -0.389 e. The molecule has 2 rings (SSSR count). The van der Waals surface area contributed by atoms with Crippen molar-refractivity contribution < 1.29 is 27.8 Å². The molecular weight excluding hydrogens is 469 g/mol. The fourth-order valence-electron chi connectivity index (χ4n) is 6.01. The molecule has 1 N–H and O–H groups in total. The van der Waals surface area contributed by atoms with Gasteiger partial charge < -0.3 is 19.5 Å². The third kappa shape index (κ3) is 8.98. The number of benzene rings is 1. The lowest BCUT2D eigenvalue weighted by molar-refractivity contribution is -0.0306. The summed E-state index contributed by atoms with van der Waals surface area (Å²) in [4.78, 5) is 3.97. The molecule has 0 bridgehead atoms. The smallest absolute Gasteiger partial charge is 0.251 e. The molecule has 0 saturated heterocycles. The third-order valence-corrected chi connectivity index (χ3v) is 7.44. The van der Waals surface area contributed by atoms with E-state index in [1.54, 1.807) is 25.2 Å². The number of aryl methyl sites for hydroxylation is 1. The minimum atomic E-state index is -2.40. The Balaban J connectivity index is 1.93. The molecule has 0 heterocycles. The molecule has 1 aromatic rings. The molecule has 208 valence electrons. The highest BCUT2D eigenvalue weighted by atomic mass is 19.3. The van der Waals surface area contributed by atoms with Crippen LogP contribution in [0.25, 0.3) is 0 Å². The monoisotopic (exact) mass is 516 g/mol. The van der Waals surface area contributed by atoms with Gasteiger partial charge in [0.2, 0.25) is 0 Å². The van der Waals surface area contributed by atoms with Crippen molar-refractivity contribution in [2.24, 2.45) is 11.3 Å². The fourth-order valence-corrected chi connectivity index (χ4v) is 6.01. The molecule has 5 nitrogen and oxygen atoms in total. The van der Waals surface area contributed by atoms with Gasteiger partial charge in [-0.2, -0.15) is 0 Å². The number of halogens is 3. The predicted octanol–water partition coefficient (Wildman–Crippen LogP) is 4.82. The summed E-state index contributed by atoms with van der Waals surface area (Å²) < 4.78 is 50.9. The highest BCUT2D eigenvalue weighted by molar-refractivity contribution is 5.36. The molecule has 0 radical (unpaired) electrons. The van der Waals surface area contributed by atoms with Gasteiger partial charge in [0.25, 0.3) is 6.43 Å². The van der Waals surface area contributed by atoms with Gasteiger partial charge in [-0.05, 0) is 75.0 Å². The molecule has 0 saturated carbocycles. The maximum Gasteiger partial charge on any atom is 0.251 e. The SMILES string of the molecule is COCC(C)(COC)CN(CCCN(C)CC[C@@]1(O)CCc2cc(F)ccc2C1C(C)C)CC(F)F. The Labute approximate surface area is 215 Å². The van der Waals surface area contributed by atoms with Crippen molar-refractivity contribution in [3.05, 3.63) is 35.1 Å². The maximum absolute atomic E-state index is 13.8. The number of hydrogen-bond donors (Lipinski definition) is 1. The Hall–Kier alpha value is -1.19. The first kappa shape index (κ1) is 31.0. The molecule has 8 heteroatoms. The van der Waals surface area contributed by atoms with Gasteiger partial charge in [0.1, 0.15) is 5.82 Å². The van der Waals surface area contributed by atoms with Crippen LogP contribution < -0.4 is 0 Å². The number of ether oxygens (including phenoxy) is 2. The second-order valence-corrected chi connectivity index (χ2v) is 11.4. The van der Waals surface area contributed by atoms with Crippen LogP contribution in [0.1, 0.15) is 57.1 Å². The molecule has 36 heavy (non-hydrogen) atoms. The molecular formula is C28H47F3N2O3. The summed E-state index contributed by atoms with van der Waals surface area (Å²) in [6.45, 7) is 9.28. The average Bonchev–Trinajstić information content (AvgIpc) is 2.77. The molecule has 0 aromatic heterocycles. The minimum absolute atomic E-state index is 0.0453. The summed E-state index contributed by atoms with van der Waals surface area (Å²) >= 11 is 0. The van der Waals surface area contributed by atoms with E-state index in [0.717, 1.165) is 24.1 Å². The lowest BCUT2D eigenvalue weighted by Gasteiger charge is -2.44. The van der Waals surface area contributed by atoms with Gasteiger partial charge in [0, 0.05) is 38.6 Å². The number of hydrogen-bond acceptors (Lipinski definition) is 5. The highest BCUT2D eigenvalue weighted by Crippen LogP contribution is 2.45. The predicted molar refractivity (Wildman–Crippen MR) is 138 cm³/mol. The van der Waals surface area contributed by atoms with Crippen LogP contribution in [0.3, 0.4) is 0 Å². The molecule has 1 aliphatic rings. The van der Waals surface area contributed by atoms with Crippen LogP contribution in [0.15, 0.2) is 18.2 Å². The summed E-state index contributed by atoms with van der Waals surface area (Å²) in [6.07, 6.45) is 0.236. The lowest BCUT2D eigenvalue weighted by atomic mass is 9.66. The fraction of sp³-hybridized carbons (Fsp3) is 0.786. The summed E-state index contributed by atoms with van der Waals surface area (Å²) in [5.74, 6) is -0.0515.